The number of rotatable bonds is 7. The predicted octanol–water partition coefficient (Wildman–Crippen LogP) is 1.72. The summed E-state index contributed by atoms with van der Waals surface area (Å²) in [7, 11) is 0. The third-order valence-corrected chi connectivity index (χ3v) is 3.20. The lowest BCUT2D eigenvalue weighted by atomic mass is 10.0. The van der Waals surface area contributed by atoms with E-state index in [1.807, 2.05) is 19.9 Å². The van der Waals surface area contributed by atoms with Gasteiger partial charge in [0.15, 0.2) is 0 Å². The summed E-state index contributed by atoms with van der Waals surface area (Å²) < 4.78 is 0. The molecule has 20 heavy (non-hydrogen) atoms. The summed E-state index contributed by atoms with van der Waals surface area (Å²) in [5.41, 5.74) is 5.95. The number of likely N-dealkylation sites (N-methyl/N-ethyl adjacent to an activating group) is 1. The van der Waals surface area contributed by atoms with Crippen LogP contribution in [0.25, 0.3) is 0 Å². The summed E-state index contributed by atoms with van der Waals surface area (Å²) in [4.78, 5) is 12.7. The van der Waals surface area contributed by atoms with Crippen LogP contribution in [0.15, 0.2) is 23.5 Å². The lowest BCUT2D eigenvalue weighted by Crippen LogP contribution is -2.38. The van der Waals surface area contributed by atoms with Crippen molar-refractivity contribution in [3.05, 3.63) is 33.7 Å². The van der Waals surface area contributed by atoms with Crippen LogP contribution in [0.3, 0.4) is 0 Å². The molecule has 0 aromatic heterocycles. The minimum Gasteiger partial charge on any atom is -0.393 e. The van der Waals surface area contributed by atoms with Gasteiger partial charge >= 0.3 is 0 Å². The second kappa shape index (κ2) is 10.4. The molecule has 116 valence electrons. The van der Waals surface area contributed by atoms with E-state index in [0.717, 1.165) is 26.2 Å². The number of hydrogen-bond donors (Lipinski definition) is 2. The molecule has 0 aromatic rings. The van der Waals surface area contributed by atoms with Gasteiger partial charge in [-0.05, 0) is 19.2 Å². The fourth-order valence-electron chi connectivity index (χ4n) is 1.98. The van der Waals surface area contributed by atoms with E-state index in [2.05, 4.69) is 24.1 Å². The van der Waals surface area contributed by atoms with Crippen LogP contribution in [0.1, 0.15) is 34.1 Å². The molecule has 0 radical (unpaired) electrons. The SMILES string of the molecule is CC.CCN(CC)CCNC1C=CC(N)=C([N+](=O)[O-])C1. The molecule has 0 amide bonds. The highest BCUT2D eigenvalue weighted by Gasteiger charge is 2.23. The molecule has 1 rings (SSSR count). The first kappa shape index (κ1) is 18.6. The van der Waals surface area contributed by atoms with Crippen LogP contribution in [-0.2, 0) is 0 Å². The highest BCUT2D eigenvalue weighted by Crippen LogP contribution is 2.16. The molecule has 3 N–H and O–H groups in total. The molecule has 0 heterocycles. The third-order valence-electron chi connectivity index (χ3n) is 3.20. The van der Waals surface area contributed by atoms with Crippen molar-refractivity contribution >= 4 is 0 Å². The van der Waals surface area contributed by atoms with Gasteiger partial charge < -0.3 is 16.0 Å². The van der Waals surface area contributed by atoms with Gasteiger partial charge in [-0.1, -0.05) is 33.8 Å². The molecule has 0 bridgehead atoms. The Balaban J connectivity index is 0.00000172. The van der Waals surface area contributed by atoms with E-state index in [1.54, 1.807) is 6.08 Å². The molecule has 0 saturated carbocycles. The maximum atomic E-state index is 10.8. The molecule has 6 nitrogen and oxygen atoms in total. The third kappa shape index (κ3) is 6.16. The number of hydrogen-bond acceptors (Lipinski definition) is 5. The standard InChI is InChI=1S/C12H22N4O2.C2H6/c1-3-15(4-2)8-7-14-10-5-6-11(13)12(9-10)16(17)18;1-2/h5-6,10,14H,3-4,7-9,13H2,1-2H3;1-2H3. The van der Waals surface area contributed by atoms with Crippen LogP contribution in [0.5, 0.6) is 0 Å². The number of nitrogens with zero attached hydrogens (tertiary/aromatic N) is 2. The van der Waals surface area contributed by atoms with Crippen molar-refractivity contribution in [2.45, 2.75) is 40.2 Å². The van der Waals surface area contributed by atoms with Gasteiger partial charge in [-0.25, -0.2) is 0 Å². The van der Waals surface area contributed by atoms with Gasteiger partial charge in [0, 0.05) is 19.1 Å². The van der Waals surface area contributed by atoms with Crippen molar-refractivity contribution < 1.29 is 4.92 Å². The van der Waals surface area contributed by atoms with Gasteiger partial charge in [-0.2, -0.15) is 0 Å². The van der Waals surface area contributed by atoms with E-state index < -0.39 is 4.92 Å². The average Bonchev–Trinajstić information content (AvgIpc) is 2.47. The Morgan fingerprint density at radius 3 is 2.55 bits per heavy atom. The summed E-state index contributed by atoms with van der Waals surface area (Å²) >= 11 is 0. The van der Waals surface area contributed by atoms with E-state index in [9.17, 15) is 10.1 Å². The topological polar surface area (TPSA) is 84.4 Å². The van der Waals surface area contributed by atoms with Crippen molar-refractivity contribution in [2.24, 2.45) is 5.73 Å². The number of nitrogens with two attached hydrogens (primary N) is 1. The summed E-state index contributed by atoms with van der Waals surface area (Å²) in [5, 5.41) is 14.1. The molecule has 1 aliphatic carbocycles. The quantitative estimate of drug-likeness (QED) is 0.549. The zero-order chi connectivity index (χ0) is 15.5. The number of allylic oxidation sites excluding steroid dienone is 1. The van der Waals surface area contributed by atoms with E-state index in [0.29, 0.717) is 6.42 Å². The lowest BCUT2D eigenvalue weighted by molar-refractivity contribution is -0.429. The summed E-state index contributed by atoms with van der Waals surface area (Å²) in [6, 6.07) is 0.00765. The van der Waals surface area contributed by atoms with Gasteiger partial charge in [0.2, 0.25) is 0 Å². The Morgan fingerprint density at radius 1 is 1.45 bits per heavy atom. The maximum Gasteiger partial charge on any atom is 0.270 e. The Kier molecular flexibility index (Phi) is 9.67. The molecule has 1 unspecified atom stereocenters. The zero-order valence-corrected chi connectivity index (χ0v) is 13.1. The fourth-order valence-corrected chi connectivity index (χ4v) is 1.98. The van der Waals surface area contributed by atoms with Crippen molar-refractivity contribution in [3.63, 3.8) is 0 Å². The van der Waals surface area contributed by atoms with Crippen molar-refractivity contribution in [1.82, 2.24) is 10.2 Å². The molecular formula is C14H28N4O2. The Hall–Kier alpha value is -1.40. The normalized spacial score (nSPS) is 17.9. The van der Waals surface area contributed by atoms with Crippen molar-refractivity contribution in [1.29, 1.82) is 0 Å². The minimum atomic E-state index is -0.391. The Bertz CT molecular complexity index is 349. The van der Waals surface area contributed by atoms with Crippen LogP contribution in [0, 0.1) is 10.1 Å². The van der Waals surface area contributed by atoms with Crippen LogP contribution >= 0.6 is 0 Å². The molecule has 6 heteroatoms. The van der Waals surface area contributed by atoms with Crippen molar-refractivity contribution in [2.75, 3.05) is 26.2 Å². The second-order valence-electron chi connectivity index (χ2n) is 4.31. The first-order valence-electron chi connectivity index (χ1n) is 7.35. The second-order valence-corrected chi connectivity index (χ2v) is 4.31. The number of nitro groups is 1. The molecule has 0 fully saturated rings. The Labute approximate surface area is 121 Å². The molecule has 0 spiro atoms. The predicted molar refractivity (Wildman–Crippen MR) is 82.9 cm³/mol. The first-order chi connectivity index (χ1) is 9.58. The smallest absolute Gasteiger partial charge is 0.270 e. The van der Waals surface area contributed by atoms with Gasteiger partial charge in [0.25, 0.3) is 5.70 Å². The van der Waals surface area contributed by atoms with E-state index in [-0.39, 0.29) is 17.4 Å². The summed E-state index contributed by atoms with van der Waals surface area (Å²) in [6.07, 6.45) is 3.87. The molecule has 0 aromatic carbocycles. The maximum absolute atomic E-state index is 10.8. The van der Waals surface area contributed by atoms with Crippen LogP contribution in [0.2, 0.25) is 0 Å². The zero-order valence-electron chi connectivity index (χ0n) is 13.1. The molecular weight excluding hydrogens is 256 g/mol. The Morgan fingerprint density at radius 2 is 2.05 bits per heavy atom. The minimum absolute atomic E-state index is 0.00765. The highest BCUT2D eigenvalue weighted by molar-refractivity contribution is 5.25. The van der Waals surface area contributed by atoms with Gasteiger partial charge in [0.1, 0.15) is 5.70 Å². The van der Waals surface area contributed by atoms with Gasteiger partial charge in [-0.3, -0.25) is 10.1 Å². The van der Waals surface area contributed by atoms with E-state index in [1.165, 1.54) is 0 Å². The summed E-state index contributed by atoms with van der Waals surface area (Å²) in [6.45, 7) is 12.1. The van der Waals surface area contributed by atoms with Gasteiger partial charge in [0.05, 0.1) is 11.3 Å². The van der Waals surface area contributed by atoms with Gasteiger partial charge in [-0.15, -0.1) is 0 Å². The lowest BCUT2D eigenvalue weighted by Gasteiger charge is -2.21. The van der Waals surface area contributed by atoms with Crippen LogP contribution in [-0.4, -0.2) is 42.0 Å². The average molecular weight is 284 g/mol. The van der Waals surface area contributed by atoms with E-state index >= 15 is 0 Å². The van der Waals surface area contributed by atoms with E-state index in [4.69, 9.17) is 5.73 Å². The van der Waals surface area contributed by atoms with Crippen LogP contribution < -0.4 is 11.1 Å². The van der Waals surface area contributed by atoms with Crippen molar-refractivity contribution in [3.8, 4) is 0 Å². The largest absolute Gasteiger partial charge is 0.393 e. The monoisotopic (exact) mass is 284 g/mol. The van der Waals surface area contributed by atoms with Crippen LogP contribution in [0.4, 0.5) is 0 Å². The summed E-state index contributed by atoms with van der Waals surface area (Å²) in [5.74, 6) is 0. The fraction of sp³-hybridized carbons (Fsp3) is 0.714. The molecule has 1 aliphatic rings. The highest BCUT2D eigenvalue weighted by atomic mass is 16.6. The number of nitrogens with one attached hydrogen (secondary N) is 1. The molecule has 0 saturated heterocycles. The molecule has 1 atom stereocenters. The molecule has 0 aliphatic heterocycles. The first-order valence-corrected chi connectivity index (χ1v) is 7.35.